The molecule has 1 fully saturated rings. The van der Waals surface area contributed by atoms with E-state index >= 15 is 0 Å². The third kappa shape index (κ3) is 11.6. The second-order valence-corrected chi connectivity index (χ2v) is 11.7. The van der Waals surface area contributed by atoms with Gasteiger partial charge in [0.15, 0.2) is 0 Å². The molecule has 1 aromatic carbocycles. The first-order chi connectivity index (χ1) is 19.8. The maximum atomic E-state index is 13.4. The molecule has 1 aliphatic heterocycles. The summed E-state index contributed by atoms with van der Waals surface area (Å²) in [6.45, 7) is 16.9. The predicted octanol–water partition coefficient (Wildman–Crippen LogP) is 10.7. The number of fused-ring (bicyclic) bond motifs is 1. The quantitative estimate of drug-likeness (QED) is 0.287. The molecule has 1 atom stereocenters. The van der Waals surface area contributed by atoms with Crippen LogP contribution < -0.4 is 0 Å². The van der Waals surface area contributed by atoms with Crippen LogP contribution in [0.2, 0.25) is 0 Å². The van der Waals surface area contributed by atoms with E-state index in [1.165, 1.54) is 67.0 Å². The van der Waals surface area contributed by atoms with E-state index in [1.54, 1.807) is 17.7 Å². The van der Waals surface area contributed by atoms with E-state index < -0.39 is 0 Å². The summed E-state index contributed by atoms with van der Waals surface area (Å²) in [6, 6.07) is 10.9. The van der Waals surface area contributed by atoms with Crippen molar-refractivity contribution in [2.75, 3.05) is 6.61 Å². The molecule has 1 unspecified atom stereocenters. The highest BCUT2D eigenvalue weighted by Crippen LogP contribution is 2.31. The highest BCUT2D eigenvalue weighted by molar-refractivity contribution is 5.69. The highest BCUT2D eigenvalue weighted by atomic mass is 19.1. The summed E-state index contributed by atoms with van der Waals surface area (Å²) < 4.78 is 19.1. The van der Waals surface area contributed by atoms with Gasteiger partial charge in [-0.25, -0.2) is 4.39 Å². The molecule has 4 heteroatoms. The van der Waals surface area contributed by atoms with E-state index in [0.29, 0.717) is 18.1 Å². The lowest BCUT2D eigenvalue weighted by molar-refractivity contribution is 0.143. The topological polar surface area (TPSA) is 45.9 Å². The van der Waals surface area contributed by atoms with Gasteiger partial charge in [0.05, 0.1) is 30.5 Å². The molecular formula is C37H53FN2O. The zero-order valence-corrected chi connectivity index (χ0v) is 26.8. The van der Waals surface area contributed by atoms with E-state index in [9.17, 15) is 4.39 Å². The van der Waals surface area contributed by atoms with Gasteiger partial charge in [0, 0.05) is 11.3 Å². The molecule has 1 aromatic heterocycles. The van der Waals surface area contributed by atoms with E-state index in [4.69, 9.17) is 15.0 Å². The molecule has 0 radical (unpaired) electrons. The van der Waals surface area contributed by atoms with Crippen molar-refractivity contribution in [3.63, 3.8) is 0 Å². The largest absolute Gasteiger partial charge is 0.372 e. The third-order valence-corrected chi connectivity index (χ3v) is 8.13. The molecule has 2 heterocycles. The van der Waals surface area contributed by atoms with Crippen molar-refractivity contribution in [2.24, 2.45) is 11.8 Å². The Bertz CT molecular complexity index is 1190. The van der Waals surface area contributed by atoms with Crippen LogP contribution in [0.15, 0.2) is 47.6 Å². The first-order valence-corrected chi connectivity index (χ1v) is 15.9. The number of halogens is 1. The Hall–Kier alpha value is -2.77. The first-order valence-electron chi connectivity index (χ1n) is 15.9. The van der Waals surface area contributed by atoms with Crippen LogP contribution in [0.25, 0.3) is 5.57 Å². The third-order valence-electron chi connectivity index (χ3n) is 8.13. The Morgan fingerprint density at radius 1 is 1.15 bits per heavy atom. The summed E-state index contributed by atoms with van der Waals surface area (Å²) in [7, 11) is 0. The molecule has 1 saturated carbocycles. The molecule has 2 aromatic rings. The molecule has 0 bridgehead atoms. The summed E-state index contributed by atoms with van der Waals surface area (Å²) in [5, 5.41) is 8.58. The van der Waals surface area contributed by atoms with Crippen LogP contribution >= 0.6 is 0 Å². The van der Waals surface area contributed by atoms with E-state index in [0.717, 1.165) is 49.5 Å². The molecule has 1 aliphatic carbocycles. The van der Waals surface area contributed by atoms with Crippen molar-refractivity contribution >= 4 is 5.57 Å². The van der Waals surface area contributed by atoms with Crippen LogP contribution in [0.3, 0.4) is 0 Å². The fraction of sp³-hybridized carbons (Fsp3) is 0.568. The summed E-state index contributed by atoms with van der Waals surface area (Å²) in [5.74, 6) is 1.30. The second-order valence-electron chi connectivity index (χ2n) is 11.7. The molecule has 0 N–H and O–H groups in total. The SMILES string of the molecule is CC/C=C(\C)CC(C)CC.CCCC1=C(CC)COCc2ccc(C)nc21.N#Cc1ccc(CC2CCC2)c(F)c1. The van der Waals surface area contributed by atoms with E-state index in [-0.39, 0.29) is 5.82 Å². The number of hydrogen-bond donors (Lipinski definition) is 0. The Morgan fingerprint density at radius 3 is 2.46 bits per heavy atom. The van der Waals surface area contributed by atoms with Crippen molar-refractivity contribution in [1.29, 1.82) is 5.26 Å². The molecule has 0 saturated heterocycles. The lowest BCUT2D eigenvalue weighted by atomic mass is 9.81. The van der Waals surface area contributed by atoms with Crippen molar-refractivity contribution < 1.29 is 9.13 Å². The Kier molecular flexibility index (Phi) is 15.6. The fourth-order valence-corrected chi connectivity index (χ4v) is 5.28. The number of benzene rings is 1. The monoisotopic (exact) mass is 560 g/mol. The Balaban J connectivity index is 0.000000223. The minimum absolute atomic E-state index is 0.226. The zero-order valence-electron chi connectivity index (χ0n) is 26.8. The molecule has 0 spiro atoms. The van der Waals surface area contributed by atoms with Gasteiger partial charge in [0.2, 0.25) is 0 Å². The number of pyridine rings is 1. The zero-order chi connectivity index (χ0) is 30.2. The molecule has 4 rings (SSSR count). The molecule has 2 aliphatic rings. The smallest absolute Gasteiger partial charge is 0.127 e. The number of nitrogens with zero attached hydrogens (tertiary/aromatic N) is 2. The van der Waals surface area contributed by atoms with Crippen molar-refractivity contribution in [2.45, 2.75) is 119 Å². The van der Waals surface area contributed by atoms with Gasteiger partial charge in [-0.2, -0.15) is 5.26 Å². The fourth-order valence-electron chi connectivity index (χ4n) is 5.28. The molecule has 3 nitrogen and oxygen atoms in total. The molecule has 0 amide bonds. The predicted molar refractivity (Wildman–Crippen MR) is 171 cm³/mol. The van der Waals surface area contributed by atoms with Crippen LogP contribution in [-0.4, -0.2) is 11.6 Å². The first kappa shape index (κ1) is 34.4. The number of aromatic nitrogens is 1. The van der Waals surface area contributed by atoms with Gasteiger partial charge in [-0.1, -0.05) is 90.5 Å². The van der Waals surface area contributed by atoms with Gasteiger partial charge in [0.25, 0.3) is 0 Å². The summed E-state index contributed by atoms with van der Waals surface area (Å²) >= 11 is 0. The maximum Gasteiger partial charge on any atom is 0.127 e. The molecule has 41 heavy (non-hydrogen) atoms. The number of rotatable bonds is 9. The number of ether oxygens (including phenoxy) is 1. The van der Waals surface area contributed by atoms with Crippen LogP contribution in [0.1, 0.15) is 127 Å². The summed E-state index contributed by atoms with van der Waals surface area (Å²) in [4.78, 5) is 4.73. The minimum atomic E-state index is -0.226. The normalized spacial score (nSPS) is 15.7. The van der Waals surface area contributed by atoms with Crippen molar-refractivity contribution in [1.82, 2.24) is 4.98 Å². The lowest BCUT2D eigenvalue weighted by Crippen LogP contribution is -2.14. The van der Waals surface area contributed by atoms with Crippen LogP contribution in [0, 0.1) is 35.9 Å². The number of allylic oxidation sites excluding steroid dienone is 3. The van der Waals surface area contributed by atoms with Gasteiger partial charge < -0.3 is 4.74 Å². The minimum Gasteiger partial charge on any atom is -0.372 e. The van der Waals surface area contributed by atoms with Crippen LogP contribution in [0.5, 0.6) is 0 Å². The second kappa shape index (κ2) is 18.6. The van der Waals surface area contributed by atoms with Crippen molar-refractivity contribution in [3.05, 3.63) is 81.4 Å². The number of hydrogen-bond acceptors (Lipinski definition) is 3. The van der Waals surface area contributed by atoms with Gasteiger partial charge in [0.1, 0.15) is 5.82 Å². The lowest BCUT2D eigenvalue weighted by Gasteiger charge is -2.25. The van der Waals surface area contributed by atoms with E-state index in [1.807, 2.05) is 6.07 Å². The van der Waals surface area contributed by atoms with Crippen LogP contribution in [0.4, 0.5) is 4.39 Å². The van der Waals surface area contributed by atoms with Crippen molar-refractivity contribution in [3.8, 4) is 6.07 Å². The van der Waals surface area contributed by atoms with E-state index in [2.05, 4.69) is 66.7 Å². The molecule has 224 valence electrons. The number of nitriles is 1. The maximum absolute atomic E-state index is 13.4. The average molecular weight is 561 g/mol. The van der Waals surface area contributed by atoms with Gasteiger partial charge in [-0.3, -0.25) is 4.98 Å². The summed E-state index contributed by atoms with van der Waals surface area (Å²) in [5.41, 5.74) is 9.07. The Morgan fingerprint density at radius 2 is 1.90 bits per heavy atom. The average Bonchev–Trinajstić information content (AvgIpc) is 3.11. The van der Waals surface area contributed by atoms with Gasteiger partial charge in [-0.05, 0) is 92.7 Å². The van der Waals surface area contributed by atoms with Gasteiger partial charge >= 0.3 is 0 Å². The standard InChI is InChI=1S/C15H21NO.C12H12FN.C10H20/c1-4-6-14-12(5-2)9-17-10-13-8-7-11(3)16-15(13)14;13-12-7-10(8-14)4-5-11(12)6-9-2-1-3-9;1-5-7-10(4)8-9(3)6-2/h7-8H,4-6,9-10H2,1-3H3;4-5,7,9H,1-3,6H2;7,9H,5-6,8H2,1-4H3/b;;10-7+. The Labute approximate surface area is 249 Å². The number of aryl methyl sites for hydroxylation is 1. The highest BCUT2D eigenvalue weighted by Gasteiger charge is 2.19. The summed E-state index contributed by atoms with van der Waals surface area (Å²) in [6.07, 6.45) is 14.0. The van der Waals surface area contributed by atoms with Gasteiger partial charge in [-0.15, -0.1) is 0 Å². The van der Waals surface area contributed by atoms with Crippen LogP contribution in [-0.2, 0) is 17.8 Å². The molecular weight excluding hydrogens is 507 g/mol.